The topological polar surface area (TPSA) is 55.4 Å². The molecule has 56 valence electrons. The van der Waals surface area contributed by atoms with Crippen LogP contribution in [0, 0.1) is 0 Å². The van der Waals surface area contributed by atoms with Gasteiger partial charge in [-0.3, -0.25) is 4.79 Å². The third-order valence-electron chi connectivity index (χ3n) is 0.670. The minimum Gasteiger partial charge on any atom is -0.463 e. The number of carbonyl (C=O) groups excluding carboxylic acids is 2. The van der Waals surface area contributed by atoms with Crippen molar-refractivity contribution in [3.63, 3.8) is 0 Å². The summed E-state index contributed by atoms with van der Waals surface area (Å²) in [4.78, 5) is 20.1. The Kier molecular flexibility index (Phi) is 5.04. The average molecular weight is 143 g/mol. The minimum absolute atomic E-state index is 0.338. The van der Waals surface area contributed by atoms with Gasteiger partial charge in [0.1, 0.15) is 0 Å². The van der Waals surface area contributed by atoms with Crippen LogP contribution in [0.5, 0.6) is 0 Å². The van der Waals surface area contributed by atoms with Gasteiger partial charge < -0.3 is 10.1 Å². The molecule has 10 heavy (non-hydrogen) atoms. The Labute approximate surface area is 58.9 Å². The number of esters is 1. The summed E-state index contributed by atoms with van der Waals surface area (Å²) in [6.07, 6.45) is 2.82. The molecule has 1 amide bonds. The van der Waals surface area contributed by atoms with Crippen LogP contribution in [0.4, 0.5) is 0 Å². The number of amides is 1. The van der Waals surface area contributed by atoms with Crippen molar-refractivity contribution >= 4 is 12.4 Å². The van der Waals surface area contributed by atoms with Gasteiger partial charge in [0.25, 0.3) is 0 Å². The Morgan fingerprint density at radius 3 is 2.90 bits per heavy atom. The van der Waals surface area contributed by atoms with Crippen molar-refractivity contribution in [2.75, 3.05) is 6.61 Å². The number of rotatable bonds is 4. The fraction of sp³-hybridized carbons (Fsp3) is 0.333. The van der Waals surface area contributed by atoms with Gasteiger partial charge in [-0.15, -0.1) is 0 Å². The van der Waals surface area contributed by atoms with Crippen LogP contribution in [0.1, 0.15) is 6.92 Å². The minimum atomic E-state index is -0.461. The van der Waals surface area contributed by atoms with Crippen LogP contribution in [0.3, 0.4) is 0 Å². The molecular formula is C6H9NO3. The molecule has 0 aromatic heterocycles. The van der Waals surface area contributed by atoms with Crippen molar-refractivity contribution in [1.29, 1.82) is 0 Å². The summed E-state index contributed by atoms with van der Waals surface area (Å²) in [6.45, 7) is 2.04. The summed E-state index contributed by atoms with van der Waals surface area (Å²) in [5.74, 6) is -0.461. The average Bonchev–Trinajstić information content (AvgIpc) is 1.89. The maximum Gasteiger partial charge on any atom is 0.332 e. The molecule has 4 nitrogen and oxygen atoms in total. The summed E-state index contributed by atoms with van der Waals surface area (Å²) < 4.78 is 4.51. The molecule has 0 rings (SSSR count). The van der Waals surface area contributed by atoms with Gasteiger partial charge in [0, 0.05) is 12.3 Å². The molecule has 0 atom stereocenters. The molecule has 0 spiro atoms. The molecule has 0 heterocycles. The number of hydrogen-bond acceptors (Lipinski definition) is 3. The molecule has 0 unspecified atom stereocenters. The molecule has 4 heteroatoms. The van der Waals surface area contributed by atoms with Crippen LogP contribution < -0.4 is 5.32 Å². The smallest absolute Gasteiger partial charge is 0.332 e. The molecule has 0 aliphatic heterocycles. The molecule has 0 aliphatic rings. The predicted octanol–water partition coefficient (Wildman–Crippen LogP) is -0.191. The van der Waals surface area contributed by atoms with E-state index >= 15 is 0 Å². The summed E-state index contributed by atoms with van der Waals surface area (Å²) >= 11 is 0. The Bertz CT molecular complexity index is 142. The lowest BCUT2D eigenvalue weighted by atomic mass is 10.6. The fourth-order valence-electron chi connectivity index (χ4n) is 0.346. The van der Waals surface area contributed by atoms with Gasteiger partial charge in [-0.1, -0.05) is 0 Å². The van der Waals surface area contributed by atoms with Crippen molar-refractivity contribution in [3.8, 4) is 0 Å². The zero-order valence-corrected chi connectivity index (χ0v) is 5.66. The van der Waals surface area contributed by atoms with Crippen LogP contribution in [0.25, 0.3) is 0 Å². The second-order valence-corrected chi connectivity index (χ2v) is 1.37. The Morgan fingerprint density at radius 2 is 2.40 bits per heavy atom. The Balaban J connectivity index is 3.45. The van der Waals surface area contributed by atoms with E-state index in [1.54, 1.807) is 6.92 Å². The molecule has 0 aromatic carbocycles. The largest absolute Gasteiger partial charge is 0.463 e. The van der Waals surface area contributed by atoms with E-state index in [1.165, 1.54) is 6.20 Å². The molecule has 0 fully saturated rings. The zero-order chi connectivity index (χ0) is 7.82. The van der Waals surface area contributed by atoms with Crippen molar-refractivity contribution < 1.29 is 14.3 Å². The molecule has 0 bridgehead atoms. The van der Waals surface area contributed by atoms with Crippen LogP contribution in [-0.4, -0.2) is 19.0 Å². The van der Waals surface area contributed by atoms with E-state index < -0.39 is 5.97 Å². The lowest BCUT2D eigenvalue weighted by molar-refractivity contribution is -0.137. The van der Waals surface area contributed by atoms with Gasteiger partial charge in [-0.25, -0.2) is 4.79 Å². The molecule has 0 aromatic rings. The van der Waals surface area contributed by atoms with Crippen molar-refractivity contribution in [2.24, 2.45) is 0 Å². The maximum absolute atomic E-state index is 10.5. The van der Waals surface area contributed by atoms with Crippen molar-refractivity contribution in [2.45, 2.75) is 6.92 Å². The van der Waals surface area contributed by atoms with Gasteiger partial charge in [0.05, 0.1) is 6.61 Å². The first-order valence-electron chi connectivity index (χ1n) is 2.84. The van der Waals surface area contributed by atoms with Crippen LogP contribution in [0.15, 0.2) is 12.3 Å². The van der Waals surface area contributed by atoms with E-state index in [2.05, 4.69) is 10.1 Å². The first-order chi connectivity index (χ1) is 4.81. The highest BCUT2D eigenvalue weighted by atomic mass is 16.5. The normalized spacial score (nSPS) is 9.30. The number of carbonyl (C=O) groups is 2. The lowest BCUT2D eigenvalue weighted by Gasteiger charge is -1.92. The molecule has 1 N–H and O–H groups in total. The summed E-state index contributed by atoms with van der Waals surface area (Å²) in [7, 11) is 0. The second kappa shape index (κ2) is 5.81. The third kappa shape index (κ3) is 4.83. The van der Waals surface area contributed by atoms with Crippen molar-refractivity contribution in [1.82, 2.24) is 5.32 Å². The van der Waals surface area contributed by atoms with E-state index in [4.69, 9.17) is 0 Å². The predicted molar refractivity (Wildman–Crippen MR) is 35.0 cm³/mol. The van der Waals surface area contributed by atoms with Gasteiger partial charge in [-0.2, -0.15) is 0 Å². The van der Waals surface area contributed by atoms with E-state index in [0.717, 1.165) is 6.08 Å². The molecule has 0 radical (unpaired) electrons. The van der Waals surface area contributed by atoms with E-state index in [0.29, 0.717) is 13.0 Å². The zero-order valence-electron chi connectivity index (χ0n) is 5.66. The van der Waals surface area contributed by atoms with E-state index in [1.807, 2.05) is 0 Å². The first-order valence-corrected chi connectivity index (χ1v) is 2.84. The monoisotopic (exact) mass is 143 g/mol. The highest BCUT2D eigenvalue weighted by molar-refractivity contribution is 5.82. The van der Waals surface area contributed by atoms with E-state index in [-0.39, 0.29) is 0 Å². The van der Waals surface area contributed by atoms with Crippen LogP contribution in [0.2, 0.25) is 0 Å². The summed E-state index contributed by atoms with van der Waals surface area (Å²) in [5, 5.41) is 2.18. The molecule has 0 aliphatic carbocycles. The van der Waals surface area contributed by atoms with Gasteiger partial charge in [0.2, 0.25) is 6.41 Å². The number of ether oxygens (including phenoxy) is 1. The standard InChI is InChI=1S/C6H9NO3/c1-2-10-6(9)3-4-7-5-8/h3-5H,2H2,1H3,(H,7,8). The first kappa shape index (κ1) is 8.68. The highest BCUT2D eigenvalue weighted by Gasteiger charge is 1.90. The number of nitrogens with one attached hydrogen (secondary N) is 1. The quantitative estimate of drug-likeness (QED) is 0.337. The Hall–Kier alpha value is -1.32. The highest BCUT2D eigenvalue weighted by Crippen LogP contribution is 1.77. The van der Waals surface area contributed by atoms with Crippen molar-refractivity contribution in [3.05, 3.63) is 12.3 Å². The molecule has 0 saturated heterocycles. The summed E-state index contributed by atoms with van der Waals surface area (Å²) in [5.41, 5.74) is 0. The Morgan fingerprint density at radius 1 is 1.70 bits per heavy atom. The lowest BCUT2D eigenvalue weighted by Crippen LogP contribution is -2.04. The molecular weight excluding hydrogens is 134 g/mol. The summed E-state index contributed by atoms with van der Waals surface area (Å²) in [6, 6.07) is 0. The van der Waals surface area contributed by atoms with Gasteiger partial charge in [-0.05, 0) is 6.92 Å². The van der Waals surface area contributed by atoms with Crippen LogP contribution >= 0.6 is 0 Å². The fourth-order valence-corrected chi connectivity index (χ4v) is 0.346. The maximum atomic E-state index is 10.5. The second-order valence-electron chi connectivity index (χ2n) is 1.37. The van der Waals surface area contributed by atoms with Gasteiger partial charge in [0.15, 0.2) is 0 Å². The van der Waals surface area contributed by atoms with Gasteiger partial charge >= 0.3 is 5.97 Å². The van der Waals surface area contributed by atoms with E-state index in [9.17, 15) is 9.59 Å². The molecule has 0 saturated carbocycles. The number of hydrogen-bond donors (Lipinski definition) is 1. The third-order valence-corrected chi connectivity index (χ3v) is 0.670. The van der Waals surface area contributed by atoms with Crippen LogP contribution in [-0.2, 0) is 14.3 Å². The SMILES string of the molecule is CCOC(=O)C=CNC=O.